The number of benzene rings is 2. The van der Waals surface area contributed by atoms with Crippen molar-refractivity contribution in [1.82, 2.24) is 0 Å². The third-order valence-electron chi connectivity index (χ3n) is 3.62. The molecule has 0 bridgehead atoms. The second kappa shape index (κ2) is 7.84. The number of carbonyl (C=O) groups is 2. The van der Waals surface area contributed by atoms with Crippen molar-refractivity contribution < 1.29 is 14.3 Å². The molecule has 0 saturated heterocycles. The van der Waals surface area contributed by atoms with Crippen molar-refractivity contribution in [3.8, 4) is 16.2 Å². The van der Waals surface area contributed by atoms with E-state index in [9.17, 15) is 9.59 Å². The molecule has 3 rings (SSSR count). The smallest absolute Gasteiger partial charge is 0.269 e. The summed E-state index contributed by atoms with van der Waals surface area (Å²) < 4.78 is 5.38. The first-order chi connectivity index (χ1) is 12.6. The molecule has 3 aromatic rings. The maximum absolute atomic E-state index is 12.7. The van der Waals surface area contributed by atoms with Gasteiger partial charge in [0.05, 0.1) is 7.11 Å². The molecule has 0 atom stereocenters. The molecule has 0 radical (unpaired) electrons. The molecule has 5 nitrogen and oxygen atoms in total. The van der Waals surface area contributed by atoms with E-state index in [4.69, 9.17) is 4.74 Å². The lowest BCUT2D eigenvalue weighted by Gasteiger charge is -2.08. The van der Waals surface area contributed by atoms with Gasteiger partial charge in [0, 0.05) is 23.2 Å². The lowest BCUT2D eigenvalue weighted by Crippen LogP contribution is -2.12. The highest BCUT2D eigenvalue weighted by Gasteiger charge is 2.18. The molecule has 0 fully saturated rings. The van der Waals surface area contributed by atoms with Crippen molar-refractivity contribution in [2.24, 2.45) is 0 Å². The molecular formula is C20H18N2O3S. The maximum Gasteiger partial charge on any atom is 0.269 e. The fraction of sp³-hybridized carbons (Fsp3) is 0.100. The summed E-state index contributed by atoms with van der Waals surface area (Å²) in [6.07, 6.45) is 0. The number of hydrogen-bond donors (Lipinski definition) is 2. The van der Waals surface area contributed by atoms with Crippen LogP contribution in [0.3, 0.4) is 0 Å². The molecule has 6 heteroatoms. The highest BCUT2D eigenvalue weighted by atomic mass is 32.1. The van der Waals surface area contributed by atoms with Crippen LogP contribution < -0.4 is 15.4 Å². The van der Waals surface area contributed by atoms with Gasteiger partial charge >= 0.3 is 0 Å². The quantitative estimate of drug-likeness (QED) is 0.691. The van der Waals surface area contributed by atoms with Crippen molar-refractivity contribution in [2.75, 3.05) is 17.7 Å². The van der Waals surface area contributed by atoms with E-state index in [-0.39, 0.29) is 11.8 Å². The minimum Gasteiger partial charge on any atom is -0.495 e. The Hall–Kier alpha value is -3.12. The van der Waals surface area contributed by atoms with E-state index < -0.39 is 0 Å². The van der Waals surface area contributed by atoms with Gasteiger partial charge in [0.1, 0.15) is 10.6 Å². The van der Waals surface area contributed by atoms with Crippen LogP contribution in [0.25, 0.3) is 10.4 Å². The summed E-state index contributed by atoms with van der Waals surface area (Å²) >= 11 is 1.37. The summed E-state index contributed by atoms with van der Waals surface area (Å²) in [6, 6.07) is 18.7. The molecule has 0 saturated carbocycles. The number of hydrogen-bond acceptors (Lipinski definition) is 4. The van der Waals surface area contributed by atoms with Gasteiger partial charge in [-0.1, -0.05) is 36.4 Å². The third kappa shape index (κ3) is 4.10. The number of amides is 2. The second-order valence-electron chi connectivity index (χ2n) is 5.59. The zero-order chi connectivity index (χ0) is 18.5. The number of rotatable bonds is 5. The van der Waals surface area contributed by atoms with Crippen molar-refractivity contribution >= 4 is 34.5 Å². The molecule has 2 N–H and O–H groups in total. The zero-order valence-corrected chi connectivity index (χ0v) is 15.2. The number of methoxy groups -OCH3 is 1. The topological polar surface area (TPSA) is 67.4 Å². The van der Waals surface area contributed by atoms with E-state index in [1.165, 1.54) is 18.3 Å². The Labute approximate surface area is 155 Å². The summed E-state index contributed by atoms with van der Waals surface area (Å²) in [5.74, 6) is 0.110. The van der Waals surface area contributed by atoms with Gasteiger partial charge < -0.3 is 15.4 Å². The van der Waals surface area contributed by atoms with E-state index in [0.717, 1.165) is 10.4 Å². The Morgan fingerprint density at radius 3 is 2.27 bits per heavy atom. The number of carbonyl (C=O) groups excluding carboxylic acids is 2. The van der Waals surface area contributed by atoms with Crippen LogP contribution in [0.2, 0.25) is 0 Å². The molecule has 0 aliphatic heterocycles. The minimum absolute atomic E-state index is 0.166. The molecule has 26 heavy (non-hydrogen) atoms. The van der Waals surface area contributed by atoms with E-state index in [1.54, 1.807) is 31.4 Å². The fourth-order valence-corrected chi connectivity index (χ4v) is 3.52. The third-order valence-corrected chi connectivity index (χ3v) is 4.79. The largest absolute Gasteiger partial charge is 0.495 e. The highest BCUT2D eigenvalue weighted by molar-refractivity contribution is 7.17. The Bertz CT molecular complexity index is 935. The van der Waals surface area contributed by atoms with Crippen LogP contribution in [0.4, 0.5) is 11.4 Å². The van der Waals surface area contributed by atoms with Crippen LogP contribution in [-0.2, 0) is 4.79 Å². The molecule has 2 amide bonds. The van der Waals surface area contributed by atoms with Crippen molar-refractivity contribution in [1.29, 1.82) is 0 Å². The first-order valence-corrected chi connectivity index (χ1v) is 8.80. The summed E-state index contributed by atoms with van der Waals surface area (Å²) in [6.45, 7) is 1.44. The van der Waals surface area contributed by atoms with E-state index in [2.05, 4.69) is 10.6 Å². The molecule has 0 aliphatic rings. The molecule has 0 spiro atoms. The van der Waals surface area contributed by atoms with Crippen LogP contribution in [-0.4, -0.2) is 18.9 Å². The molecule has 0 unspecified atom stereocenters. The van der Waals surface area contributed by atoms with E-state index in [1.807, 2.05) is 36.4 Å². The predicted octanol–water partition coefficient (Wildman–Crippen LogP) is 4.63. The Morgan fingerprint density at radius 2 is 1.62 bits per heavy atom. The van der Waals surface area contributed by atoms with Crippen LogP contribution in [0.1, 0.15) is 16.6 Å². The monoisotopic (exact) mass is 366 g/mol. The van der Waals surface area contributed by atoms with E-state index in [0.29, 0.717) is 22.0 Å². The molecule has 132 valence electrons. The highest BCUT2D eigenvalue weighted by Crippen LogP contribution is 2.36. The Morgan fingerprint density at radius 1 is 0.923 bits per heavy atom. The fourth-order valence-electron chi connectivity index (χ4n) is 2.49. The van der Waals surface area contributed by atoms with Crippen molar-refractivity contribution in [3.05, 3.63) is 65.5 Å². The minimum atomic E-state index is -0.256. The number of anilines is 2. The van der Waals surface area contributed by atoms with Gasteiger partial charge in [-0.25, -0.2) is 0 Å². The first-order valence-electron chi connectivity index (χ1n) is 7.99. The Kier molecular flexibility index (Phi) is 5.34. The van der Waals surface area contributed by atoms with Crippen LogP contribution >= 0.6 is 11.3 Å². The lowest BCUT2D eigenvalue weighted by molar-refractivity contribution is -0.114. The molecule has 1 aromatic heterocycles. The van der Waals surface area contributed by atoms with Gasteiger partial charge in [0.25, 0.3) is 5.91 Å². The van der Waals surface area contributed by atoms with Gasteiger partial charge in [-0.15, -0.1) is 11.3 Å². The van der Waals surface area contributed by atoms with E-state index >= 15 is 0 Å². The standard InChI is InChI=1S/C20H18N2O3S/c1-13(23)21-15-9-6-10-16(11-15)22-20(24)19-17(25-2)12-18(26-19)14-7-4-3-5-8-14/h3-12H,1-2H3,(H,21,23)(H,22,24). The number of thiophene rings is 1. The summed E-state index contributed by atoms with van der Waals surface area (Å²) in [5.41, 5.74) is 2.25. The van der Waals surface area contributed by atoms with Crippen LogP contribution in [0, 0.1) is 0 Å². The van der Waals surface area contributed by atoms with Gasteiger partial charge in [-0.05, 0) is 29.8 Å². The van der Waals surface area contributed by atoms with Crippen molar-refractivity contribution in [3.63, 3.8) is 0 Å². The average Bonchev–Trinajstić information content (AvgIpc) is 3.07. The van der Waals surface area contributed by atoms with Crippen LogP contribution in [0.15, 0.2) is 60.7 Å². The SMILES string of the molecule is COc1cc(-c2ccccc2)sc1C(=O)Nc1cccc(NC(C)=O)c1. The molecule has 0 aliphatic carbocycles. The zero-order valence-electron chi connectivity index (χ0n) is 14.4. The Balaban J connectivity index is 1.84. The lowest BCUT2D eigenvalue weighted by atomic mass is 10.2. The van der Waals surface area contributed by atoms with Gasteiger partial charge in [-0.2, -0.15) is 0 Å². The van der Waals surface area contributed by atoms with Gasteiger partial charge in [-0.3, -0.25) is 9.59 Å². The number of ether oxygens (including phenoxy) is 1. The summed E-state index contributed by atoms with van der Waals surface area (Å²) in [4.78, 5) is 25.3. The first kappa shape index (κ1) is 17.7. The van der Waals surface area contributed by atoms with Gasteiger partial charge in [0.2, 0.25) is 5.91 Å². The number of nitrogens with one attached hydrogen (secondary N) is 2. The molecular weight excluding hydrogens is 348 g/mol. The molecule has 1 heterocycles. The van der Waals surface area contributed by atoms with Gasteiger partial charge in [0.15, 0.2) is 0 Å². The maximum atomic E-state index is 12.7. The normalized spacial score (nSPS) is 10.2. The predicted molar refractivity (Wildman–Crippen MR) is 105 cm³/mol. The second-order valence-corrected chi connectivity index (χ2v) is 6.64. The summed E-state index contributed by atoms with van der Waals surface area (Å²) in [5, 5.41) is 5.55. The average molecular weight is 366 g/mol. The van der Waals surface area contributed by atoms with Crippen molar-refractivity contribution in [2.45, 2.75) is 6.92 Å². The summed E-state index contributed by atoms with van der Waals surface area (Å²) in [7, 11) is 1.55. The molecule has 2 aromatic carbocycles. The van der Waals surface area contributed by atoms with Crippen LogP contribution in [0.5, 0.6) is 5.75 Å².